The van der Waals surface area contributed by atoms with Crippen molar-refractivity contribution in [2.75, 3.05) is 20.3 Å². The van der Waals surface area contributed by atoms with Crippen molar-refractivity contribution in [1.82, 2.24) is 10.2 Å². The van der Waals surface area contributed by atoms with Crippen LogP contribution in [0.2, 0.25) is 0 Å². The lowest BCUT2D eigenvalue weighted by Crippen LogP contribution is -2.50. The number of unbranched alkanes of at least 4 members (excludes halogenated alkanes) is 1. The van der Waals surface area contributed by atoms with Gasteiger partial charge in [-0.25, -0.2) is 0 Å². The SMILES string of the molecule is CCCCNC(=O)[C@@H](CC)N(Cc1cccc(OC)c1)C(=O)COc1ccc(C(C)(C)C)cc1Br. The Bertz CT molecular complexity index is 987. The van der Waals surface area contributed by atoms with Crippen molar-refractivity contribution in [2.45, 2.75) is 71.9 Å². The van der Waals surface area contributed by atoms with Gasteiger partial charge in [0, 0.05) is 13.1 Å². The highest BCUT2D eigenvalue weighted by Gasteiger charge is 2.29. The van der Waals surface area contributed by atoms with E-state index in [0.717, 1.165) is 28.4 Å². The smallest absolute Gasteiger partial charge is 0.261 e. The van der Waals surface area contributed by atoms with E-state index in [1.807, 2.05) is 49.4 Å². The molecule has 2 rings (SSSR count). The van der Waals surface area contributed by atoms with Crippen LogP contribution in [0, 0.1) is 0 Å². The van der Waals surface area contributed by atoms with Crippen molar-refractivity contribution in [3.05, 3.63) is 58.1 Å². The summed E-state index contributed by atoms with van der Waals surface area (Å²) in [7, 11) is 1.61. The lowest BCUT2D eigenvalue weighted by molar-refractivity contribution is -0.143. The number of hydrogen-bond donors (Lipinski definition) is 1. The molecule has 0 fully saturated rings. The Morgan fingerprint density at radius 3 is 2.46 bits per heavy atom. The average molecular weight is 548 g/mol. The second-order valence-corrected chi connectivity index (χ2v) is 10.5. The summed E-state index contributed by atoms with van der Waals surface area (Å²) in [4.78, 5) is 28.0. The Balaban J connectivity index is 2.23. The number of rotatable bonds is 12. The van der Waals surface area contributed by atoms with E-state index < -0.39 is 6.04 Å². The van der Waals surface area contributed by atoms with Gasteiger partial charge in [0.15, 0.2) is 6.61 Å². The minimum atomic E-state index is -0.596. The van der Waals surface area contributed by atoms with Crippen molar-refractivity contribution in [3.63, 3.8) is 0 Å². The minimum Gasteiger partial charge on any atom is -0.497 e. The van der Waals surface area contributed by atoms with Crippen LogP contribution < -0.4 is 14.8 Å². The van der Waals surface area contributed by atoms with Gasteiger partial charge >= 0.3 is 0 Å². The fourth-order valence-corrected chi connectivity index (χ4v) is 4.19. The van der Waals surface area contributed by atoms with Gasteiger partial charge in [0.05, 0.1) is 11.6 Å². The Kier molecular flexibility index (Phi) is 11.1. The number of carbonyl (C=O) groups excluding carboxylic acids is 2. The highest BCUT2D eigenvalue weighted by molar-refractivity contribution is 9.10. The fourth-order valence-electron chi connectivity index (χ4n) is 3.70. The third kappa shape index (κ3) is 8.57. The zero-order valence-electron chi connectivity index (χ0n) is 21.8. The Morgan fingerprint density at radius 2 is 1.86 bits per heavy atom. The predicted octanol–water partition coefficient (Wildman–Crippen LogP) is 5.86. The molecule has 6 nitrogen and oxygen atoms in total. The molecule has 0 bridgehead atoms. The average Bonchev–Trinajstić information content (AvgIpc) is 2.82. The predicted molar refractivity (Wildman–Crippen MR) is 144 cm³/mol. The molecule has 0 saturated heterocycles. The van der Waals surface area contributed by atoms with E-state index in [0.29, 0.717) is 24.5 Å². The van der Waals surface area contributed by atoms with E-state index in [4.69, 9.17) is 9.47 Å². The second kappa shape index (κ2) is 13.5. The van der Waals surface area contributed by atoms with E-state index >= 15 is 0 Å². The molecule has 35 heavy (non-hydrogen) atoms. The third-order valence-corrected chi connectivity index (χ3v) is 6.47. The first-order chi connectivity index (χ1) is 16.6. The molecule has 0 unspecified atom stereocenters. The first-order valence-corrected chi connectivity index (χ1v) is 13.0. The molecule has 0 aliphatic carbocycles. The number of halogens is 1. The number of carbonyl (C=O) groups is 2. The fraction of sp³-hybridized carbons (Fsp3) is 0.500. The molecule has 1 atom stereocenters. The summed E-state index contributed by atoms with van der Waals surface area (Å²) >= 11 is 3.57. The summed E-state index contributed by atoms with van der Waals surface area (Å²) in [6, 6.07) is 12.8. The Hall–Kier alpha value is -2.54. The quantitative estimate of drug-likeness (QED) is 0.338. The molecule has 192 valence electrons. The topological polar surface area (TPSA) is 67.9 Å². The number of methoxy groups -OCH3 is 1. The van der Waals surface area contributed by atoms with Crippen molar-refractivity contribution in [2.24, 2.45) is 0 Å². The molecule has 2 aromatic carbocycles. The maximum Gasteiger partial charge on any atom is 0.261 e. The highest BCUT2D eigenvalue weighted by atomic mass is 79.9. The number of hydrogen-bond acceptors (Lipinski definition) is 4. The van der Waals surface area contributed by atoms with Crippen LogP contribution >= 0.6 is 15.9 Å². The monoisotopic (exact) mass is 546 g/mol. The summed E-state index contributed by atoms with van der Waals surface area (Å²) in [5.74, 6) is 0.896. The van der Waals surface area contributed by atoms with Gasteiger partial charge in [0.25, 0.3) is 5.91 Å². The molecule has 0 aliphatic heterocycles. The molecule has 1 N–H and O–H groups in total. The van der Waals surface area contributed by atoms with Gasteiger partial charge in [0.2, 0.25) is 5.91 Å². The lowest BCUT2D eigenvalue weighted by atomic mass is 9.87. The first kappa shape index (κ1) is 28.7. The van der Waals surface area contributed by atoms with E-state index in [1.54, 1.807) is 12.0 Å². The molecule has 2 amide bonds. The highest BCUT2D eigenvalue weighted by Crippen LogP contribution is 2.31. The molecule has 0 spiro atoms. The van der Waals surface area contributed by atoms with Crippen molar-refractivity contribution in [1.29, 1.82) is 0 Å². The summed E-state index contributed by atoms with van der Waals surface area (Å²) in [5, 5.41) is 2.98. The summed E-state index contributed by atoms with van der Waals surface area (Å²) in [6.07, 6.45) is 2.38. The van der Waals surface area contributed by atoms with E-state index in [9.17, 15) is 9.59 Å². The molecule has 0 radical (unpaired) electrons. The van der Waals surface area contributed by atoms with Crippen molar-refractivity contribution in [3.8, 4) is 11.5 Å². The standard InChI is InChI=1S/C28H39BrN2O4/c1-7-9-15-30-27(33)24(8-2)31(18-20-11-10-12-22(16-20)34-6)26(32)19-35-25-14-13-21(17-23(25)29)28(3,4)5/h10-14,16-17,24H,7-9,15,18-19H2,1-6H3,(H,30,33)/t24-/m1/s1. The molecular weight excluding hydrogens is 508 g/mol. The largest absolute Gasteiger partial charge is 0.497 e. The zero-order chi connectivity index (χ0) is 26.0. The molecule has 0 aromatic heterocycles. The van der Waals surface area contributed by atoms with Crippen LogP contribution in [-0.4, -0.2) is 43.0 Å². The first-order valence-electron chi connectivity index (χ1n) is 12.2. The van der Waals surface area contributed by atoms with E-state index in [1.165, 1.54) is 0 Å². The van der Waals surface area contributed by atoms with Crippen LogP contribution in [0.4, 0.5) is 0 Å². The van der Waals surface area contributed by atoms with Gasteiger partial charge in [-0.3, -0.25) is 9.59 Å². The second-order valence-electron chi connectivity index (χ2n) is 9.63. The Labute approximate surface area is 218 Å². The van der Waals surface area contributed by atoms with Gasteiger partial charge < -0.3 is 19.7 Å². The van der Waals surface area contributed by atoms with Gasteiger partial charge in [-0.05, 0) is 69.6 Å². The van der Waals surface area contributed by atoms with Gasteiger partial charge in [-0.2, -0.15) is 0 Å². The summed E-state index contributed by atoms with van der Waals surface area (Å²) in [6.45, 7) is 11.1. The van der Waals surface area contributed by atoms with Crippen LogP contribution in [-0.2, 0) is 21.5 Å². The van der Waals surface area contributed by atoms with Crippen molar-refractivity contribution < 1.29 is 19.1 Å². The normalized spacial score (nSPS) is 12.1. The molecule has 2 aromatic rings. The molecule has 0 saturated carbocycles. The maximum absolute atomic E-state index is 13.4. The molecule has 7 heteroatoms. The lowest BCUT2D eigenvalue weighted by Gasteiger charge is -2.30. The van der Waals surface area contributed by atoms with Gasteiger partial charge in [-0.15, -0.1) is 0 Å². The van der Waals surface area contributed by atoms with Crippen LogP contribution in [0.15, 0.2) is 46.9 Å². The minimum absolute atomic E-state index is 0.00386. The van der Waals surface area contributed by atoms with Crippen LogP contribution in [0.25, 0.3) is 0 Å². The van der Waals surface area contributed by atoms with E-state index in [2.05, 4.69) is 48.9 Å². The maximum atomic E-state index is 13.4. The van der Waals surface area contributed by atoms with Crippen LogP contribution in [0.3, 0.4) is 0 Å². The molecule has 0 aliphatic rings. The van der Waals surface area contributed by atoms with Gasteiger partial charge in [0.1, 0.15) is 17.5 Å². The number of amides is 2. The van der Waals surface area contributed by atoms with Gasteiger partial charge in [-0.1, -0.05) is 59.2 Å². The van der Waals surface area contributed by atoms with E-state index in [-0.39, 0.29) is 30.4 Å². The number of benzene rings is 2. The van der Waals surface area contributed by atoms with Crippen molar-refractivity contribution >= 4 is 27.7 Å². The summed E-state index contributed by atoms with van der Waals surface area (Å²) < 4.78 is 12.0. The Morgan fingerprint density at radius 1 is 1.11 bits per heavy atom. The number of nitrogens with zero attached hydrogens (tertiary/aromatic N) is 1. The van der Waals surface area contributed by atoms with Crippen LogP contribution in [0.5, 0.6) is 11.5 Å². The number of ether oxygens (including phenoxy) is 2. The molecule has 0 heterocycles. The van der Waals surface area contributed by atoms with Crippen LogP contribution in [0.1, 0.15) is 65.0 Å². The summed E-state index contributed by atoms with van der Waals surface area (Å²) in [5.41, 5.74) is 2.05. The molecular formula is C28H39BrN2O4. The third-order valence-electron chi connectivity index (χ3n) is 5.85. The zero-order valence-corrected chi connectivity index (χ0v) is 23.4. The number of nitrogens with one attached hydrogen (secondary N) is 1.